The van der Waals surface area contributed by atoms with Crippen LogP contribution in [0.5, 0.6) is 0 Å². The molecule has 2 rings (SSSR count). The van der Waals surface area contributed by atoms with Crippen molar-refractivity contribution < 1.29 is 4.74 Å². The highest BCUT2D eigenvalue weighted by Gasteiger charge is 2.12. The van der Waals surface area contributed by atoms with E-state index in [1.54, 1.807) is 14.2 Å². The van der Waals surface area contributed by atoms with E-state index in [0.29, 0.717) is 13.2 Å². The summed E-state index contributed by atoms with van der Waals surface area (Å²) in [6.45, 7) is 4.36. The molecule has 0 aromatic carbocycles. The number of ether oxygens (including phenoxy) is 1. The van der Waals surface area contributed by atoms with Crippen molar-refractivity contribution in [1.82, 2.24) is 15.6 Å². The van der Waals surface area contributed by atoms with Crippen LogP contribution in [-0.2, 0) is 11.3 Å². The zero-order valence-corrected chi connectivity index (χ0v) is 12.9. The Morgan fingerprint density at radius 3 is 2.76 bits per heavy atom. The molecule has 116 valence electrons. The van der Waals surface area contributed by atoms with Crippen molar-refractivity contribution in [3.8, 4) is 0 Å². The predicted octanol–water partition coefficient (Wildman–Crippen LogP) is 0.993. The molecule has 1 saturated heterocycles. The Morgan fingerprint density at radius 1 is 1.33 bits per heavy atom. The van der Waals surface area contributed by atoms with Crippen molar-refractivity contribution in [3.05, 3.63) is 23.9 Å². The lowest BCUT2D eigenvalue weighted by Gasteiger charge is -2.16. The molecule has 0 unspecified atom stereocenters. The molecule has 0 bridgehead atoms. The molecule has 2 heterocycles. The molecule has 0 atom stereocenters. The number of hydrogen-bond acceptors (Lipinski definition) is 4. The number of guanidine groups is 1. The second-order valence-corrected chi connectivity index (χ2v) is 5.06. The van der Waals surface area contributed by atoms with Crippen LogP contribution in [0.25, 0.3) is 0 Å². The van der Waals surface area contributed by atoms with Crippen LogP contribution in [0.3, 0.4) is 0 Å². The van der Waals surface area contributed by atoms with Crippen molar-refractivity contribution >= 4 is 11.8 Å². The monoisotopic (exact) mass is 291 g/mol. The molecule has 1 aliphatic rings. The molecular formula is C15H25N5O. The van der Waals surface area contributed by atoms with Crippen molar-refractivity contribution in [2.45, 2.75) is 19.4 Å². The number of methoxy groups -OCH3 is 1. The number of hydrogen-bond donors (Lipinski definition) is 2. The van der Waals surface area contributed by atoms with Gasteiger partial charge in [-0.1, -0.05) is 6.07 Å². The van der Waals surface area contributed by atoms with Crippen LogP contribution < -0.4 is 15.5 Å². The lowest BCUT2D eigenvalue weighted by atomic mass is 10.3. The number of pyridine rings is 1. The van der Waals surface area contributed by atoms with E-state index in [9.17, 15) is 0 Å². The summed E-state index contributed by atoms with van der Waals surface area (Å²) in [5, 5.41) is 6.45. The van der Waals surface area contributed by atoms with E-state index in [1.165, 1.54) is 12.8 Å². The smallest absolute Gasteiger partial charge is 0.191 e. The summed E-state index contributed by atoms with van der Waals surface area (Å²) in [5.74, 6) is 1.86. The molecule has 0 saturated carbocycles. The normalized spacial score (nSPS) is 15.3. The Kier molecular flexibility index (Phi) is 6.27. The van der Waals surface area contributed by atoms with Gasteiger partial charge < -0.3 is 20.3 Å². The third kappa shape index (κ3) is 4.90. The first-order chi connectivity index (χ1) is 10.3. The molecular weight excluding hydrogens is 266 g/mol. The molecule has 6 heteroatoms. The number of aromatic nitrogens is 1. The van der Waals surface area contributed by atoms with Crippen LogP contribution in [-0.4, -0.2) is 51.3 Å². The summed E-state index contributed by atoms with van der Waals surface area (Å²) in [6, 6.07) is 4.22. The summed E-state index contributed by atoms with van der Waals surface area (Å²) < 4.78 is 5.00. The summed E-state index contributed by atoms with van der Waals surface area (Å²) in [4.78, 5) is 11.0. The molecule has 0 spiro atoms. The molecule has 6 nitrogen and oxygen atoms in total. The minimum atomic E-state index is 0.660. The zero-order chi connectivity index (χ0) is 14.9. The molecule has 0 radical (unpaired) electrons. The van der Waals surface area contributed by atoms with Gasteiger partial charge in [-0.05, 0) is 24.5 Å². The highest BCUT2D eigenvalue weighted by Crippen LogP contribution is 2.17. The Hall–Kier alpha value is -1.82. The minimum absolute atomic E-state index is 0.660. The second kappa shape index (κ2) is 8.46. The van der Waals surface area contributed by atoms with Crippen LogP contribution in [0.1, 0.15) is 18.4 Å². The number of aliphatic imine (C=N–C) groups is 1. The van der Waals surface area contributed by atoms with Gasteiger partial charge in [0.1, 0.15) is 5.82 Å². The van der Waals surface area contributed by atoms with Gasteiger partial charge in [0, 0.05) is 46.5 Å². The van der Waals surface area contributed by atoms with Crippen LogP contribution in [0.4, 0.5) is 5.82 Å². The topological polar surface area (TPSA) is 61.8 Å². The lowest BCUT2D eigenvalue weighted by Crippen LogP contribution is -2.38. The summed E-state index contributed by atoms with van der Waals surface area (Å²) in [5.41, 5.74) is 1.15. The van der Waals surface area contributed by atoms with Gasteiger partial charge in [-0.15, -0.1) is 0 Å². The van der Waals surface area contributed by atoms with Gasteiger partial charge in [-0.2, -0.15) is 0 Å². The Labute approximate surface area is 126 Å². The number of anilines is 1. The first-order valence-electron chi connectivity index (χ1n) is 7.47. The Balaban J connectivity index is 1.79. The number of nitrogens with one attached hydrogen (secondary N) is 2. The highest BCUT2D eigenvalue weighted by molar-refractivity contribution is 5.79. The molecule has 0 aliphatic carbocycles. The molecule has 1 fully saturated rings. The average molecular weight is 291 g/mol. The first kappa shape index (κ1) is 15.6. The average Bonchev–Trinajstić information content (AvgIpc) is 3.06. The van der Waals surface area contributed by atoms with Crippen molar-refractivity contribution in [1.29, 1.82) is 0 Å². The van der Waals surface area contributed by atoms with E-state index in [-0.39, 0.29) is 0 Å². The fraction of sp³-hybridized carbons (Fsp3) is 0.600. The van der Waals surface area contributed by atoms with Crippen molar-refractivity contribution in [2.75, 3.05) is 45.3 Å². The maximum Gasteiger partial charge on any atom is 0.191 e. The minimum Gasteiger partial charge on any atom is -0.383 e. The zero-order valence-electron chi connectivity index (χ0n) is 12.9. The van der Waals surface area contributed by atoms with E-state index < -0.39 is 0 Å². The van der Waals surface area contributed by atoms with Gasteiger partial charge in [-0.3, -0.25) is 4.99 Å². The summed E-state index contributed by atoms with van der Waals surface area (Å²) >= 11 is 0. The molecule has 1 aromatic rings. The third-order valence-electron chi connectivity index (χ3n) is 3.52. The standard InChI is InChI=1S/C15H25N5O/c1-16-15(17-7-10-21-2)19-12-13-5-6-14(18-11-13)20-8-3-4-9-20/h5-6,11H,3-4,7-10,12H2,1-2H3,(H2,16,17,19). The van der Waals surface area contributed by atoms with Crippen LogP contribution in [0.2, 0.25) is 0 Å². The van der Waals surface area contributed by atoms with E-state index >= 15 is 0 Å². The third-order valence-corrected chi connectivity index (χ3v) is 3.52. The lowest BCUT2D eigenvalue weighted by molar-refractivity contribution is 0.203. The van der Waals surface area contributed by atoms with Crippen molar-refractivity contribution in [2.24, 2.45) is 4.99 Å². The van der Waals surface area contributed by atoms with Crippen molar-refractivity contribution in [3.63, 3.8) is 0 Å². The highest BCUT2D eigenvalue weighted by atomic mass is 16.5. The number of nitrogens with zero attached hydrogens (tertiary/aromatic N) is 3. The SMILES string of the molecule is CN=C(NCCOC)NCc1ccc(N2CCCC2)nc1. The molecule has 0 amide bonds. The largest absolute Gasteiger partial charge is 0.383 e. The van der Waals surface area contributed by atoms with Gasteiger partial charge in [-0.25, -0.2) is 4.98 Å². The van der Waals surface area contributed by atoms with Crippen LogP contribution in [0, 0.1) is 0 Å². The van der Waals surface area contributed by atoms with E-state index in [4.69, 9.17) is 4.74 Å². The second-order valence-electron chi connectivity index (χ2n) is 5.06. The van der Waals surface area contributed by atoms with Gasteiger partial charge in [0.2, 0.25) is 0 Å². The molecule has 21 heavy (non-hydrogen) atoms. The maximum atomic E-state index is 5.00. The van der Waals surface area contributed by atoms with E-state index in [2.05, 4.69) is 37.6 Å². The van der Waals surface area contributed by atoms with Crippen LogP contribution >= 0.6 is 0 Å². The summed E-state index contributed by atoms with van der Waals surface area (Å²) in [7, 11) is 3.45. The Morgan fingerprint density at radius 2 is 2.14 bits per heavy atom. The molecule has 1 aliphatic heterocycles. The number of rotatable bonds is 6. The van der Waals surface area contributed by atoms with Gasteiger partial charge in [0.15, 0.2) is 5.96 Å². The van der Waals surface area contributed by atoms with Gasteiger partial charge in [0.05, 0.1) is 6.61 Å². The first-order valence-corrected chi connectivity index (χ1v) is 7.47. The predicted molar refractivity (Wildman–Crippen MR) is 85.8 cm³/mol. The molecule has 1 aromatic heterocycles. The summed E-state index contributed by atoms with van der Waals surface area (Å²) in [6.07, 6.45) is 4.48. The van der Waals surface area contributed by atoms with E-state index in [0.717, 1.165) is 37.0 Å². The van der Waals surface area contributed by atoms with E-state index in [1.807, 2.05) is 6.20 Å². The quantitative estimate of drug-likeness (QED) is 0.465. The van der Waals surface area contributed by atoms with Gasteiger partial charge in [0.25, 0.3) is 0 Å². The maximum absolute atomic E-state index is 5.00. The fourth-order valence-corrected chi connectivity index (χ4v) is 2.33. The van der Waals surface area contributed by atoms with Gasteiger partial charge >= 0.3 is 0 Å². The fourth-order valence-electron chi connectivity index (χ4n) is 2.33. The van der Waals surface area contributed by atoms with Crippen LogP contribution in [0.15, 0.2) is 23.3 Å². The molecule has 2 N–H and O–H groups in total. The Bertz CT molecular complexity index is 440.